The van der Waals surface area contributed by atoms with Crippen LogP contribution in [0.3, 0.4) is 0 Å². The van der Waals surface area contributed by atoms with Crippen molar-refractivity contribution in [2.45, 2.75) is 50.5 Å². The van der Waals surface area contributed by atoms with Gasteiger partial charge in [-0.05, 0) is 38.5 Å². The number of rotatable bonds is 4. The fourth-order valence-corrected chi connectivity index (χ4v) is 5.28. The summed E-state index contributed by atoms with van der Waals surface area (Å²) in [5, 5.41) is 7.66. The zero-order valence-corrected chi connectivity index (χ0v) is 14.5. The molecule has 6 nitrogen and oxygen atoms in total. The highest BCUT2D eigenvalue weighted by Gasteiger charge is 2.34. The van der Waals surface area contributed by atoms with Crippen molar-refractivity contribution in [1.29, 1.82) is 0 Å². The van der Waals surface area contributed by atoms with Crippen LogP contribution < -0.4 is 5.32 Å². The van der Waals surface area contributed by atoms with Gasteiger partial charge in [-0.2, -0.15) is 5.10 Å². The van der Waals surface area contributed by atoms with Crippen molar-refractivity contribution in [3.05, 3.63) is 23.9 Å². The highest BCUT2D eigenvalue weighted by atomic mass is 32.2. The fraction of sp³-hybridized carbons (Fsp3) is 0.647. The number of allylic oxidation sites excluding steroid dienone is 2. The molecule has 0 bridgehead atoms. The lowest BCUT2D eigenvalue weighted by Gasteiger charge is -2.19. The van der Waals surface area contributed by atoms with Crippen molar-refractivity contribution in [3.8, 4) is 0 Å². The summed E-state index contributed by atoms with van der Waals surface area (Å²) >= 11 is 0. The average Bonchev–Trinajstić information content (AvgIpc) is 3.24. The van der Waals surface area contributed by atoms with E-state index in [1.54, 1.807) is 4.68 Å². The lowest BCUT2D eigenvalue weighted by Crippen LogP contribution is -2.26. The van der Waals surface area contributed by atoms with Gasteiger partial charge in [0.25, 0.3) is 0 Å². The first kappa shape index (κ1) is 15.9. The molecule has 0 spiro atoms. The minimum atomic E-state index is -2.99. The summed E-state index contributed by atoms with van der Waals surface area (Å²) in [4.78, 5) is 12.6. The van der Waals surface area contributed by atoms with Gasteiger partial charge in [0.15, 0.2) is 9.84 Å². The third-order valence-electron chi connectivity index (χ3n) is 5.20. The maximum Gasteiger partial charge on any atom is 0.228 e. The Morgan fingerprint density at radius 2 is 2.04 bits per heavy atom. The minimum absolute atomic E-state index is 0.00460. The third kappa shape index (κ3) is 3.27. The first-order valence-corrected chi connectivity index (χ1v) is 10.6. The Balaban J connectivity index is 1.56. The predicted molar refractivity (Wildman–Crippen MR) is 91.6 cm³/mol. The molecule has 0 unspecified atom stereocenters. The molecule has 1 N–H and O–H groups in total. The van der Waals surface area contributed by atoms with Crippen molar-refractivity contribution < 1.29 is 13.2 Å². The van der Waals surface area contributed by atoms with Crippen LogP contribution in [0.15, 0.2) is 18.2 Å². The molecule has 130 valence electrons. The first-order chi connectivity index (χ1) is 11.5. The summed E-state index contributed by atoms with van der Waals surface area (Å²) in [6.45, 7) is 0. The number of nitrogens with one attached hydrogen (secondary N) is 1. The number of sulfone groups is 1. The van der Waals surface area contributed by atoms with E-state index in [1.807, 2.05) is 6.07 Å². The highest BCUT2D eigenvalue weighted by Crippen LogP contribution is 2.41. The molecule has 0 aromatic carbocycles. The number of nitrogens with zero attached hydrogens (tertiary/aromatic N) is 2. The van der Waals surface area contributed by atoms with Crippen LogP contribution in [0.2, 0.25) is 0 Å². The van der Waals surface area contributed by atoms with Crippen molar-refractivity contribution in [1.82, 2.24) is 9.78 Å². The van der Waals surface area contributed by atoms with E-state index >= 15 is 0 Å². The van der Waals surface area contributed by atoms with E-state index in [0.29, 0.717) is 18.2 Å². The molecule has 4 rings (SSSR count). The monoisotopic (exact) mass is 349 g/mol. The maximum absolute atomic E-state index is 12.6. The summed E-state index contributed by atoms with van der Waals surface area (Å²) < 4.78 is 25.4. The van der Waals surface area contributed by atoms with Crippen LogP contribution in [0.25, 0.3) is 0 Å². The first-order valence-electron chi connectivity index (χ1n) is 8.77. The molecular formula is C17H23N3O3S. The van der Waals surface area contributed by atoms with Crippen LogP contribution in [0.1, 0.15) is 56.2 Å². The molecule has 2 atom stereocenters. The van der Waals surface area contributed by atoms with Gasteiger partial charge in [-0.1, -0.05) is 12.2 Å². The minimum Gasteiger partial charge on any atom is -0.311 e. The third-order valence-corrected chi connectivity index (χ3v) is 6.95. The molecule has 1 aromatic rings. The van der Waals surface area contributed by atoms with Gasteiger partial charge >= 0.3 is 0 Å². The van der Waals surface area contributed by atoms with Gasteiger partial charge in [0.05, 0.1) is 23.2 Å². The van der Waals surface area contributed by atoms with E-state index in [1.165, 1.54) is 0 Å². The van der Waals surface area contributed by atoms with Crippen molar-refractivity contribution in [2.24, 2.45) is 5.92 Å². The number of hydrogen-bond donors (Lipinski definition) is 1. The van der Waals surface area contributed by atoms with E-state index in [2.05, 4.69) is 22.6 Å². The second-order valence-electron chi connectivity index (χ2n) is 7.20. The quantitative estimate of drug-likeness (QED) is 0.847. The van der Waals surface area contributed by atoms with Crippen molar-refractivity contribution >= 4 is 21.6 Å². The van der Waals surface area contributed by atoms with Crippen LogP contribution in [-0.2, 0) is 14.6 Å². The summed E-state index contributed by atoms with van der Waals surface area (Å²) in [5.41, 5.74) is 0.984. The van der Waals surface area contributed by atoms with Crippen molar-refractivity contribution in [2.75, 3.05) is 16.8 Å². The van der Waals surface area contributed by atoms with Gasteiger partial charge in [0, 0.05) is 17.9 Å². The molecule has 1 saturated heterocycles. The topological polar surface area (TPSA) is 81.1 Å². The van der Waals surface area contributed by atoms with Gasteiger partial charge in [-0.25, -0.2) is 13.1 Å². The second kappa shape index (κ2) is 6.02. The van der Waals surface area contributed by atoms with Gasteiger partial charge in [-0.3, -0.25) is 4.79 Å². The van der Waals surface area contributed by atoms with E-state index < -0.39 is 9.84 Å². The van der Waals surface area contributed by atoms with Gasteiger partial charge < -0.3 is 5.32 Å². The van der Waals surface area contributed by atoms with Crippen LogP contribution in [0.5, 0.6) is 0 Å². The normalized spacial score (nSPS) is 28.8. The number of aromatic nitrogens is 2. The standard InChI is InChI=1S/C17H23N3O3S/c21-17(13-4-2-1-3-5-13)18-16-10-15(12-6-7-12)19-20(16)14-8-9-24(22,23)11-14/h1-2,10,12-14H,3-9,11H2,(H,18,21)/t13-,14+/m1/s1. The van der Waals surface area contributed by atoms with Crippen LogP contribution in [0, 0.1) is 5.92 Å². The molecule has 1 saturated carbocycles. The Morgan fingerprint density at radius 3 is 2.67 bits per heavy atom. The zero-order valence-electron chi connectivity index (χ0n) is 13.6. The highest BCUT2D eigenvalue weighted by molar-refractivity contribution is 7.91. The smallest absolute Gasteiger partial charge is 0.228 e. The molecule has 2 fully saturated rings. The Morgan fingerprint density at radius 1 is 1.21 bits per heavy atom. The van der Waals surface area contributed by atoms with E-state index in [-0.39, 0.29) is 29.4 Å². The van der Waals surface area contributed by atoms with Crippen molar-refractivity contribution in [3.63, 3.8) is 0 Å². The zero-order chi connectivity index (χ0) is 16.7. The molecule has 24 heavy (non-hydrogen) atoms. The molecule has 3 aliphatic rings. The second-order valence-corrected chi connectivity index (χ2v) is 9.43. The SMILES string of the molecule is O=C(Nc1cc(C2CC2)nn1[C@H]1CCS(=O)(=O)C1)[C@@H]1CC=CCC1. The number of carbonyl (C=O) groups excluding carboxylic acids is 1. The Labute approximate surface area is 142 Å². The lowest BCUT2D eigenvalue weighted by molar-refractivity contribution is -0.120. The summed E-state index contributed by atoms with van der Waals surface area (Å²) in [6.07, 6.45) is 9.57. The molecular weight excluding hydrogens is 326 g/mol. The fourth-order valence-electron chi connectivity index (χ4n) is 3.59. The average molecular weight is 349 g/mol. The number of carbonyl (C=O) groups is 1. The van der Waals surface area contributed by atoms with Crippen LogP contribution in [0.4, 0.5) is 5.82 Å². The number of anilines is 1. The molecule has 1 aromatic heterocycles. The molecule has 1 amide bonds. The van der Waals surface area contributed by atoms with E-state index in [0.717, 1.165) is 37.8 Å². The Bertz CT molecular complexity index is 777. The Hall–Kier alpha value is -1.63. The molecule has 2 aliphatic carbocycles. The van der Waals surface area contributed by atoms with Gasteiger partial charge in [0.1, 0.15) is 5.82 Å². The molecule has 7 heteroatoms. The van der Waals surface area contributed by atoms with Gasteiger partial charge in [0.2, 0.25) is 5.91 Å². The molecule has 1 aliphatic heterocycles. The summed E-state index contributed by atoms with van der Waals surface area (Å²) in [5.74, 6) is 1.47. The van der Waals surface area contributed by atoms with Crippen LogP contribution in [-0.4, -0.2) is 35.6 Å². The largest absolute Gasteiger partial charge is 0.311 e. The molecule has 0 radical (unpaired) electrons. The molecule has 2 heterocycles. The summed E-state index contributed by atoms with van der Waals surface area (Å²) in [6, 6.07) is 1.78. The maximum atomic E-state index is 12.6. The van der Waals surface area contributed by atoms with Gasteiger partial charge in [-0.15, -0.1) is 0 Å². The summed E-state index contributed by atoms with van der Waals surface area (Å²) in [7, 11) is -2.99. The predicted octanol–water partition coefficient (Wildman–Crippen LogP) is 2.41. The Kier molecular flexibility index (Phi) is 3.98. The van der Waals surface area contributed by atoms with E-state index in [4.69, 9.17) is 0 Å². The lowest BCUT2D eigenvalue weighted by atomic mass is 9.94. The van der Waals surface area contributed by atoms with E-state index in [9.17, 15) is 13.2 Å². The van der Waals surface area contributed by atoms with Crippen LogP contribution >= 0.6 is 0 Å². The number of amides is 1. The number of hydrogen-bond acceptors (Lipinski definition) is 4.